The highest BCUT2D eigenvalue weighted by Gasteiger charge is 2.09. The number of ether oxygens (including phenoxy) is 2. The van der Waals surface area contributed by atoms with Crippen LogP contribution in [-0.4, -0.2) is 25.8 Å². The molecule has 1 rings (SSSR count). The summed E-state index contributed by atoms with van der Waals surface area (Å²) in [4.78, 5) is 0. The van der Waals surface area contributed by atoms with E-state index in [2.05, 4.69) is 24.4 Å². The molecule has 0 saturated carbocycles. The van der Waals surface area contributed by atoms with Crippen molar-refractivity contribution in [3.05, 3.63) is 23.8 Å². The largest absolute Gasteiger partial charge is 0.490 e. The molecule has 1 N–H and O–H groups in total. The standard InChI is InChI=1S/C16H27NO2/c1-6-18-16-11-14(8-7-13(4)17-5)9-10-15(16)19-12(2)3/h9-13,17H,6-8H2,1-5H3. The Morgan fingerprint density at radius 2 is 1.89 bits per heavy atom. The zero-order valence-electron chi connectivity index (χ0n) is 12.8. The number of aryl methyl sites for hydroxylation is 1. The predicted octanol–water partition coefficient (Wildman–Crippen LogP) is 3.41. The number of hydrogen-bond acceptors (Lipinski definition) is 3. The Balaban J connectivity index is 2.77. The van der Waals surface area contributed by atoms with E-state index in [1.54, 1.807) is 0 Å². The van der Waals surface area contributed by atoms with Crippen LogP contribution in [0.15, 0.2) is 18.2 Å². The quantitative estimate of drug-likeness (QED) is 0.781. The lowest BCUT2D eigenvalue weighted by Gasteiger charge is -2.16. The molecule has 0 amide bonds. The van der Waals surface area contributed by atoms with Crippen LogP contribution >= 0.6 is 0 Å². The first-order chi connectivity index (χ1) is 9.06. The molecule has 0 bridgehead atoms. The normalized spacial score (nSPS) is 12.5. The van der Waals surface area contributed by atoms with Gasteiger partial charge in [0.1, 0.15) is 0 Å². The van der Waals surface area contributed by atoms with Gasteiger partial charge in [-0.15, -0.1) is 0 Å². The van der Waals surface area contributed by atoms with Crippen molar-refractivity contribution in [1.29, 1.82) is 0 Å². The Bertz CT molecular complexity index is 377. The smallest absolute Gasteiger partial charge is 0.161 e. The Labute approximate surface area is 117 Å². The molecule has 108 valence electrons. The lowest BCUT2D eigenvalue weighted by molar-refractivity contribution is 0.223. The van der Waals surface area contributed by atoms with Gasteiger partial charge in [0.2, 0.25) is 0 Å². The number of benzene rings is 1. The highest BCUT2D eigenvalue weighted by Crippen LogP contribution is 2.29. The fraction of sp³-hybridized carbons (Fsp3) is 0.625. The van der Waals surface area contributed by atoms with Gasteiger partial charge in [0.15, 0.2) is 11.5 Å². The topological polar surface area (TPSA) is 30.5 Å². The first-order valence-electron chi connectivity index (χ1n) is 7.16. The molecule has 0 spiro atoms. The molecule has 1 aromatic carbocycles. The fourth-order valence-electron chi connectivity index (χ4n) is 1.86. The Kier molecular flexibility index (Phi) is 6.71. The number of nitrogens with one attached hydrogen (secondary N) is 1. The van der Waals surface area contributed by atoms with Crippen LogP contribution in [0.1, 0.15) is 39.7 Å². The Hall–Kier alpha value is -1.22. The van der Waals surface area contributed by atoms with Crippen molar-refractivity contribution >= 4 is 0 Å². The molecule has 1 aromatic rings. The first-order valence-corrected chi connectivity index (χ1v) is 7.16. The lowest BCUT2D eigenvalue weighted by atomic mass is 10.1. The molecular weight excluding hydrogens is 238 g/mol. The summed E-state index contributed by atoms with van der Waals surface area (Å²) < 4.78 is 11.4. The van der Waals surface area contributed by atoms with Crippen LogP contribution in [0.4, 0.5) is 0 Å². The van der Waals surface area contributed by atoms with E-state index in [1.807, 2.05) is 33.9 Å². The molecule has 3 nitrogen and oxygen atoms in total. The van der Waals surface area contributed by atoms with Gasteiger partial charge in [-0.2, -0.15) is 0 Å². The highest BCUT2D eigenvalue weighted by atomic mass is 16.5. The average molecular weight is 265 g/mol. The van der Waals surface area contributed by atoms with Crippen molar-refractivity contribution < 1.29 is 9.47 Å². The van der Waals surface area contributed by atoms with Crippen molar-refractivity contribution in [1.82, 2.24) is 5.32 Å². The van der Waals surface area contributed by atoms with E-state index >= 15 is 0 Å². The second kappa shape index (κ2) is 8.05. The van der Waals surface area contributed by atoms with Gasteiger partial charge >= 0.3 is 0 Å². The summed E-state index contributed by atoms with van der Waals surface area (Å²) in [5.74, 6) is 1.69. The number of hydrogen-bond donors (Lipinski definition) is 1. The third-order valence-corrected chi connectivity index (χ3v) is 3.03. The molecule has 0 fully saturated rings. The van der Waals surface area contributed by atoms with Crippen LogP contribution in [0.2, 0.25) is 0 Å². The second-order valence-electron chi connectivity index (χ2n) is 5.11. The minimum Gasteiger partial charge on any atom is -0.490 e. The maximum atomic E-state index is 5.76. The molecule has 1 atom stereocenters. The van der Waals surface area contributed by atoms with Gasteiger partial charge in [-0.3, -0.25) is 0 Å². The Morgan fingerprint density at radius 1 is 1.16 bits per heavy atom. The van der Waals surface area contributed by atoms with Crippen LogP contribution < -0.4 is 14.8 Å². The predicted molar refractivity (Wildman–Crippen MR) is 80.2 cm³/mol. The third-order valence-electron chi connectivity index (χ3n) is 3.03. The van der Waals surface area contributed by atoms with Gasteiger partial charge in [-0.1, -0.05) is 6.07 Å². The van der Waals surface area contributed by atoms with Crippen molar-refractivity contribution in [2.75, 3.05) is 13.7 Å². The van der Waals surface area contributed by atoms with Crippen LogP contribution in [0, 0.1) is 0 Å². The van der Waals surface area contributed by atoms with Gasteiger partial charge in [0.25, 0.3) is 0 Å². The van der Waals surface area contributed by atoms with E-state index < -0.39 is 0 Å². The molecule has 19 heavy (non-hydrogen) atoms. The van der Waals surface area contributed by atoms with Crippen molar-refractivity contribution in [2.24, 2.45) is 0 Å². The summed E-state index contributed by atoms with van der Waals surface area (Å²) in [7, 11) is 2.00. The van der Waals surface area contributed by atoms with Crippen LogP contribution in [-0.2, 0) is 6.42 Å². The molecule has 0 aliphatic rings. The molecule has 0 aromatic heterocycles. The maximum Gasteiger partial charge on any atom is 0.161 e. The molecule has 0 heterocycles. The number of rotatable bonds is 8. The average Bonchev–Trinajstić information content (AvgIpc) is 2.38. The van der Waals surface area contributed by atoms with Crippen molar-refractivity contribution in [3.63, 3.8) is 0 Å². The van der Waals surface area contributed by atoms with Gasteiger partial charge in [-0.25, -0.2) is 0 Å². The molecule has 0 saturated heterocycles. The van der Waals surface area contributed by atoms with Crippen molar-refractivity contribution in [3.8, 4) is 11.5 Å². The summed E-state index contributed by atoms with van der Waals surface area (Å²) in [6.07, 6.45) is 2.32. The summed E-state index contributed by atoms with van der Waals surface area (Å²) in [6, 6.07) is 6.78. The van der Waals surface area contributed by atoms with E-state index in [0.717, 1.165) is 24.3 Å². The third kappa shape index (κ3) is 5.52. The van der Waals surface area contributed by atoms with Gasteiger partial charge in [0.05, 0.1) is 12.7 Å². The lowest BCUT2D eigenvalue weighted by Crippen LogP contribution is -2.21. The second-order valence-corrected chi connectivity index (χ2v) is 5.11. The maximum absolute atomic E-state index is 5.76. The van der Waals surface area contributed by atoms with Crippen LogP contribution in [0.25, 0.3) is 0 Å². The monoisotopic (exact) mass is 265 g/mol. The summed E-state index contributed by atoms with van der Waals surface area (Å²) in [6.45, 7) is 8.90. The van der Waals surface area contributed by atoms with Crippen LogP contribution in [0.5, 0.6) is 11.5 Å². The van der Waals surface area contributed by atoms with Gasteiger partial charge in [-0.05, 0) is 65.3 Å². The van der Waals surface area contributed by atoms with E-state index in [9.17, 15) is 0 Å². The molecule has 1 unspecified atom stereocenters. The SMILES string of the molecule is CCOc1cc(CCC(C)NC)ccc1OC(C)C. The van der Waals surface area contributed by atoms with E-state index in [-0.39, 0.29) is 6.10 Å². The Morgan fingerprint density at radius 3 is 2.47 bits per heavy atom. The summed E-state index contributed by atoms with van der Waals surface area (Å²) in [5, 5.41) is 3.26. The fourth-order valence-corrected chi connectivity index (χ4v) is 1.86. The zero-order valence-corrected chi connectivity index (χ0v) is 12.8. The minimum absolute atomic E-state index is 0.161. The first kappa shape index (κ1) is 15.8. The van der Waals surface area contributed by atoms with E-state index in [4.69, 9.17) is 9.47 Å². The van der Waals surface area contributed by atoms with Crippen molar-refractivity contribution in [2.45, 2.75) is 52.7 Å². The molecule has 0 aliphatic heterocycles. The summed E-state index contributed by atoms with van der Waals surface area (Å²) in [5.41, 5.74) is 1.29. The summed E-state index contributed by atoms with van der Waals surface area (Å²) >= 11 is 0. The molecule has 3 heteroatoms. The highest BCUT2D eigenvalue weighted by molar-refractivity contribution is 5.43. The van der Waals surface area contributed by atoms with E-state index in [0.29, 0.717) is 12.6 Å². The molecule has 0 aliphatic carbocycles. The zero-order chi connectivity index (χ0) is 14.3. The van der Waals surface area contributed by atoms with Gasteiger partial charge in [0, 0.05) is 6.04 Å². The van der Waals surface area contributed by atoms with Crippen LogP contribution in [0.3, 0.4) is 0 Å². The van der Waals surface area contributed by atoms with E-state index in [1.165, 1.54) is 5.56 Å². The molecule has 0 radical (unpaired) electrons. The van der Waals surface area contributed by atoms with Gasteiger partial charge < -0.3 is 14.8 Å². The molecular formula is C16H27NO2. The minimum atomic E-state index is 0.161.